The summed E-state index contributed by atoms with van der Waals surface area (Å²) in [6.07, 6.45) is 23.7. The first-order valence-electron chi connectivity index (χ1n) is 11.1. The molecule has 0 bridgehead atoms. The Bertz CT molecular complexity index is 707. The highest BCUT2D eigenvalue weighted by Crippen LogP contribution is 2.55. The van der Waals surface area contributed by atoms with E-state index in [1.807, 2.05) is 0 Å². The third kappa shape index (κ3) is 3.73. The van der Waals surface area contributed by atoms with E-state index in [2.05, 4.69) is 72.0 Å². The summed E-state index contributed by atoms with van der Waals surface area (Å²) in [7, 11) is 2.32. The SMILES string of the molecule is CCCCNC(=S)N[C@H]1CC[C@@]2(C3=CC=CC4C=CC=CC34)CCN(C)[C@H]2C1. The second-order valence-corrected chi connectivity index (χ2v) is 9.42. The van der Waals surface area contributed by atoms with Crippen molar-refractivity contribution in [3.63, 3.8) is 0 Å². The molecule has 5 atom stereocenters. The molecule has 3 nitrogen and oxygen atoms in total. The summed E-state index contributed by atoms with van der Waals surface area (Å²) < 4.78 is 0. The average Bonchev–Trinajstić information content (AvgIpc) is 3.05. The molecule has 2 fully saturated rings. The normalized spacial score (nSPS) is 36.6. The Hall–Kier alpha value is -1.39. The largest absolute Gasteiger partial charge is 0.363 e. The Balaban J connectivity index is 1.48. The molecule has 4 rings (SSSR count). The predicted octanol–water partition coefficient (Wildman–Crippen LogP) is 4.35. The number of hydrogen-bond acceptors (Lipinski definition) is 2. The molecular formula is C24H35N3S. The fraction of sp³-hybridized carbons (Fsp3) is 0.625. The van der Waals surface area contributed by atoms with E-state index >= 15 is 0 Å². The Kier molecular flexibility index (Phi) is 6.07. The van der Waals surface area contributed by atoms with Gasteiger partial charge in [-0.05, 0) is 57.9 Å². The zero-order valence-corrected chi connectivity index (χ0v) is 18.2. The van der Waals surface area contributed by atoms with E-state index < -0.39 is 0 Å². The fourth-order valence-electron chi connectivity index (χ4n) is 5.88. The van der Waals surface area contributed by atoms with Crippen LogP contribution in [0.1, 0.15) is 45.4 Å². The van der Waals surface area contributed by atoms with E-state index in [9.17, 15) is 0 Å². The first kappa shape index (κ1) is 19.9. The standard InChI is InChI=1S/C24H35N3S/c1-3-4-15-25-23(28)26-19-12-13-24(14-16-27(2)22(24)17-19)21-11-7-9-18-8-5-6-10-20(18)21/h5-11,18-20,22H,3-4,12-17H2,1-2H3,(H2,25,26,28)/t18?,19-,20?,22-,24-/m0/s1. The second kappa shape index (κ2) is 8.54. The van der Waals surface area contributed by atoms with Gasteiger partial charge in [0, 0.05) is 35.9 Å². The lowest BCUT2D eigenvalue weighted by atomic mass is 9.59. The van der Waals surface area contributed by atoms with Crippen LogP contribution in [0.2, 0.25) is 0 Å². The number of allylic oxidation sites excluding steroid dienone is 7. The van der Waals surface area contributed by atoms with Gasteiger partial charge in [0.25, 0.3) is 0 Å². The van der Waals surface area contributed by atoms with Gasteiger partial charge in [0.2, 0.25) is 0 Å². The third-order valence-electron chi connectivity index (χ3n) is 7.40. The number of fused-ring (bicyclic) bond motifs is 2. The van der Waals surface area contributed by atoms with E-state index in [0.29, 0.717) is 29.3 Å². The molecule has 2 unspecified atom stereocenters. The van der Waals surface area contributed by atoms with Crippen LogP contribution < -0.4 is 10.6 Å². The van der Waals surface area contributed by atoms with Gasteiger partial charge in [-0.25, -0.2) is 0 Å². The molecule has 0 aromatic carbocycles. The van der Waals surface area contributed by atoms with Crippen molar-refractivity contribution >= 4 is 17.3 Å². The van der Waals surface area contributed by atoms with Gasteiger partial charge in [-0.3, -0.25) is 0 Å². The first-order valence-corrected chi connectivity index (χ1v) is 11.5. The van der Waals surface area contributed by atoms with Gasteiger partial charge in [0.05, 0.1) is 0 Å². The minimum atomic E-state index is 0.327. The molecule has 4 heteroatoms. The lowest BCUT2D eigenvalue weighted by Gasteiger charge is -2.49. The van der Waals surface area contributed by atoms with Crippen molar-refractivity contribution in [1.82, 2.24) is 15.5 Å². The maximum atomic E-state index is 5.55. The van der Waals surface area contributed by atoms with Crippen LogP contribution in [0.4, 0.5) is 0 Å². The molecule has 28 heavy (non-hydrogen) atoms. The van der Waals surface area contributed by atoms with Crippen molar-refractivity contribution in [3.05, 3.63) is 48.1 Å². The summed E-state index contributed by atoms with van der Waals surface area (Å²) in [6, 6.07) is 1.09. The monoisotopic (exact) mass is 397 g/mol. The minimum absolute atomic E-state index is 0.327. The number of unbranched alkanes of at least 4 members (excludes halogenated alkanes) is 1. The molecule has 1 saturated carbocycles. The average molecular weight is 398 g/mol. The maximum absolute atomic E-state index is 5.55. The van der Waals surface area contributed by atoms with Crippen molar-refractivity contribution in [3.8, 4) is 0 Å². The number of nitrogens with one attached hydrogen (secondary N) is 2. The third-order valence-corrected chi connectivity index (χ3v) is 7.66. The van der Waals surface area contributed by atoms with E-state index in [-0.39, 0.29) is 0 Å². The zero-order chi connectivity index (χ0) is 19.6. The highest BCUT2D eigenvalue weighted by atomic mass is 32.1. The van der Waals surface area contributed by atoms with E-state index in [4.69, 9.17) is 12.2 Å². The number of rotatable bonds is 5. The number of likely N-dealkylation sites (tertiary alicyclic amines) is 1. The number of hydrogen-bond donors (Lipinski definition) is 2. The molecule has 0 aromatic rings. The summed E-state index contributed by atoms with van der Waals surface area (Å²) in [5.41, 5.74) is 2.00. The summed E-state index contributed by atoms with van der Waals surface area (Å²) in [5, 5.41) is 7.84. The minimum Gasteiger partial charge on any atom is -0.363 e. The van der Waals surface area contributed by atoms with Crippen LogP contribution in [0.25, 0.3) is 0 Å². The summed E-state index contributed by atoms with van der Waals surface area (Å²) in [5.74, 6) is 1.09. The molecule has 2 N–H and O–H groups in total. The van der Waals surface area contributed by atoms with Crippen LogP contribution >= 0.6 is 12.2 Å². The van der Waals surface area contributed by atoms with Gasteiger partial charge in [0.15, 0.2) is 5.11 Å². The highest BCUT2D eigenvalue weighted by Gasteiger charge is 2.53. The van der Waals surface area contributed by atoms with Gasteiger partial charge in [-0.2, -0.15) is 0 Å². The molecule has 0 radical (unpaired) electrons. The van der Waals surface area contributed by atoms with Gasteiger partial charge in [-0.15, -0.1) is 0 Å². The van der Waals surface area contributed by atoms with Crippen LogP contribution in [-0.4, -0.2) is 42.2 Å². The van der Waals surface area contributed by atoms with Crippen molar-refractivity contribution in [2.45, 2.75) is 57.5 Å². The van der Waals surface area contributed by atoms with Crippen molar-refractivity contribution in [2.75, 3.05) is 20.1 Å². The zero-order valence-electron chi connectivity index (χ0n) is 17.4. The van der Waals surface area contributed by atoms with Gasteiger partial charge in [-0.1, -0.05) is 61.4 Å². The molecule has 1 aliphatic heterocycles. The smallest absolute Gasteiger partial charge is 0.166 e. The van der Waals surface area contributed by atoms with Gasteiger partial charge < -0.3 is 15.5 Å². The quantitative estimate of drug-likeness (QED) is 0.533. The van der Waals surface area contributed by atoms with E-state index in [0.717, 1.165) is 11.7 Å². The maximum Gasteiger partial charge on any atom is 0.166 e. The Morgan fingerprint density at radius 2 is 2.04 bits per heavy atom. The van der Waals surface area contributed by atoms with Crippen molar-refractivity contribution in [1.29, 1.82) is 0 Å². The van der Waals surface area contributed by atoms with Gasteiger partial charge >= 0.3 is 0 Å². The molecule has 152 valence electrons. The molecule has 1 heterocycles. The van der Waals surface area contributed by atoms with Gasteiger partial charge in [0.1, 0.15) is 0 Å². The molecule has 1 saturated heterocycles. The molecular weight excluding hydrogens is 362 g/mol. The Labute approximate surface area is 176 Å². The molecule has 3 aliphatic carbocycles. The first-order chi connectivity index (χ1) is 13.6. The molecule has 4 aliphatic rings. The van der Waals surface area contributed by atoms with Crippen LogP contribution in [0.5, 0.6) is 0 Å². The lowest BCUT2D eigenvalue weighted by molar-refractivity contribution is 0.121. The van der Waals surface area contributed by atoms with Crippen molar-refractivity contribution in [2.24, 2.45) is 17.3 Å². The van der Waals surface area contributed by atoms with E-state index in [1.165, 1.54) is 45.1 Å². The van der Waals surface area contributed by atoms with Crippen LogP contribution in [0, 0.1) is 17.3 Å². The van der Waals surface area contributed by atoms with Crippen molar-refractivity contribution < 1.29 is 0 Å². The molecule has 0 aromatic heterocycles. The Morgan fingerprint density at radius 1 is 1.21 bits per heavy atom. The molecule has 0 spiro atoms. The fourth-order valence-corrected chi connectivity index (χ4v) is 6.15. The van der Waals surface area contributed by atoms with E-state index in [1.54, 1.807) is 5.57 Å². The lowest BCUT2D eigenvalue weighted by Crippen LogP contribution is -2.53. The molecule has 0 amide bonds. The number of nitrogens with zero attached hydrogens (tertiary/aromatic N) is 1. The second-order valence-electron chi connectivity index (χ2n) is 9.01. The topological polar surface area (TPSA) is 27.3 Å². The van der Waals surface area contributed by atoms with Crippen LogP contribution in [-0.2, 0) is 0 Å². The Morgan fingerprint density at radius 3 is 2.89 bits per heavy atom. The van der Waals surface area contributed by atoms with Crippen LogP contribution in [0.3, 0.4) is 0 Å². The summed E-state index contributed by atoms with van der Waals surface area (Å²) in [4.78, 5) is 2.61. The summed E-state index contributed by atoms with van der Waals surface area (Å²) >= 11 is 5.55. The predicted molar refractivity (Wildman–Crippen MR) is 122 cm³/mol. The highest BCUT2D eigenvalue weighted by molar-refractivity contribution is 7.80. The van der Waals surface area contributed by atoms with Crippen LogP contribution in [0.15, 0.2) is 48.1 Å². The number of thiocarbonyl (C=S) groups is 1. The summed E-state index contributed by atoms with van der Waals surface area (Å²) in [6.45, 7) is 4.39.